The molecular weight excluding hydrogens is 460 g/mol. The number of benzene rings is 1. The molecule has 3 heterocycles. The normalized spacial score (nSPS) is 23.3. The van der Waals surface area contributed by atoms with Crippen LogP contribution in [-0.4, -0.2) is 28.2 Å². The predicted molar refractivity (Wildman–Crippen MR) is 132 cm³/mol. The van der Waals surface area contributed by atoms with Crippen LogP contribution < -0.4 is 0 Å². The van der Waals surface area contributed by atoms with E-state index < -0.39 is 28.8 Å². The van der Waals surface area contributed by atoms with Gasteiger partial charge in [-0.3, -0.25) is 4.79 Å². The number of carbonyl (C=O) groups excluding carboxylic acids is 1. The van der Waals surface area contributed by atoms with Crippen LogP contribution in [0.1, 0.15) is 31.1 Å². The molecular formula is C24H30O5S2Si. The zero-order valence-corrected chi connectivity index (χ0v) is 21.6. The average Bonchev–Trinajstić information content (AvgIpc) is 3.34. The van der Waals surface area contributed by atoms with Crippen molar-refractivity contribution < 1.29 is 22.4 Å². The predicted octanol–water partition coefficient (Wildman–Crippen LogP) is 6.43. The Kier molecular flexibility index (Phi) is 6.15. The molecule has 172 valence electrons. The maximum atomic E-state index is 13.6. The second kappa shape index (κ2) is 8.46. The van der Waals surface area contributed by atoms with Crippen molar-refractivity contribution in [3.63, 3.8) is 0 Å². The van der Waals surface area contributed by atoms with Gasteiger partial charge in [-0.1, -0.05) is 43.9 Å². The molecule has 8 heteroatoms. The first-order valence-electron chi connectivity index (χ1n) is 11.0. The summed E-state index contributed by atoms with van der Waals surface area (Å²) in [4.78, 5) is 12.0. The van der Waals surface area contributed by atoms with Gasteiger partial charge in [0.05, 0.1) is 15.5 Å². The molecule has 1 saturated heterocycles. The molecule has 5 nitrogen and oxygen atoms in total. The fourth-order valence-electron chi connectivity index (χ4n) is 4.58. The van der Waals surface area contributed by atoms with Crippen LogP contribution in [0.2, 0.25) is 25.7 Å². The highest BCUT2D eigenvalue weighted by Gasteiger charge is 2.57. The van der Waals surface area contributed by atoms with E-state index in [4.69, 9.17) is 9.15 Å². The summed E-state index contributed by atoms with van der Waals surface area (Å²) >= 11 is 1.35. The van der Waals surface area contributed by atoms with E-state index >= 15 is 0 Å². The molecule has 1 aliphatic heterocycles. The standard InChI is InChI=1S/C24H30O5S2Si/c1-17(25)29-24(19(13-15-32(2,3)4)9-7-14-31(24,26)27)23-12-11-22(30-23)21-16-18-8-5-6-10-20(18)28-21/h5-6,8,10-12,16,19H,7,9,13-15H2,1-4H3/t19?,24-/m0/s1. The Morgan fingerprint density at radius 3 is 2.66 bits per heavy atom. The van der Waals surface area contributed by atoms with Crippen molar-refractivity contribution >= 4 is 46.2 Å². The average molecular weight is 491 g/mol. The highest BCUT2D eigenvalue weighted by atomic mass is 32.2. The fraction of sp³-hybridized carbons (Fsp3) is 0.458. The van der Waals surface area contributed by atoms with Gasteiger partial charge < -0.3 is 9.15 Å². The molecule has 2 atom stereocenters. The highest BCUT2D eigenvalue weighted by Crippen LogP contribution is 2.51. The number of rotatable bonds is 6. The maximum Gasteiger partial charge on any atom is 0.304 e. The monoisotopic (exact) mass is 490 g/mol. The third-order valence-electron chi connectivity index (χ3n) is 6.12. The van der Waals surface area contributed by atoms with Crippen molar-refractivity contribution in [1.82, 2.24) is 0 Å². The fourth-order valence-corrected chi connectivity index (χ4v) is 9.58. The molecule has 1 aliphatic rings. The first-order chi connectivity index (χ1) is 15.0. The number of thiophene rings is 1. The number of esters is 1. The SMILES string of the molecule is CC(=O)O[C@@]1(c2ccc(-c3cc4ccccc4o3)s2)C(CC[Si](C)(C)C)CCCS1(=O)=O. The minimum absolute atomic E-state index is 0.0294. The summed E-state index contributed by atoms with van der Waals surface area (Å²) in [6, 6.07) is 14.4. The second-order valence-electron chi connectivity index (χ2n) is 9.83. The van der Waals surface area contributed by atoms with Gasteiger partial charge >= 0.3 is 5.97 Å². The number of para-hydroxylation sites is 1. The van der Waals surface area contributed by atoms with Crippen LogP contribution >= 0.6 is 11.3 Å². The number of sulfone groups is 1. The van der Waals surface area contributed by atoms with Gasteiger partial charge in [0.2, 0.25) is 4.93 Å². The van der Waals surface area contributed by atoms with E-state index in [1.807, 2.05) is 36.4 Å². The summed E-state index contributed by atoms with van der Waals surface area (Å²) < 4.78 is 39.0. The lowest BCUT2D eigenvalue weighted by Gasteiger charge is -2.42. The quantitative estimate of drug-likeness (QED) is 0.294. The van der Waals surface area contributed by atoms with E-state index in [0.29, 0.717) is 17.1 Å². The summed E-state index contributed by atoms with van der Waals surface area (Å²) in [6.07, 6.45) is 2.07. The molecule has 0 radical (unpaired) electrons. The third kappa shape index (κ3) is 4.32. The minimum Gasteiger partial charge on any atom is -0.455 e. The van der Waals surface area contributed by atoms with Crippen molar-refractivity contribution in [2.75, 3.05) is 5.75 Å². The second-order valence-corrected chi connectivity index (χ2v) is 18.8. The van der Waals surface area contributed by atoms with Crippen LogP contribution in [0.5, 0.6) is 0 Å². The number of hydrogen-bond acceptors (Lipinski definition) is 6. The molecule has 0 N–H and O–H groups in total. The molecule has 0 spiro atoms. The minimum atomic E-state index is -3.69. The van der Waals surface area contributed by atoms with Gasteiger partial charge in [-0.15, -0.1) is 11.3 Å². The van der Waals surface area contributed by atoms with Crippen LogP contribution in [-0.2, 0) is 24.3 Å². The van der Waals surface area contributed by atoms with E-state index in [1.165, 1.54) is 18.3 Å². The van der Waals surface area contributed by atoms with Gasteiger partial charge in [-0.25, -0.2) is 8.42 Å². The Morgan fingerprint density at radius 1 is 1.22 bits per heavy atom. The molecule has 1 aromatic carbocycles. The molecule has 1 unspecified atom stereocenters. The van der Waals surface area contributed by atoms with Crippen molar-refractivity contribution in [3.8, 4) is 10.6 Å². The Hall–Kier alpha value is -1.90. The zero-order valence-electron chi connectivity index (χ0n) is 19.0. The molecule has 0 bridgehead atoms. The van der Waals surface area contributed by atoms with Gasteiger partial charge in [0.15, 0.2) is 9.84 Å². The van der Waals surface area contributed by atoms with Gasteiger partial charge in [-0.05, 0) is 43.5 Å². The first kappa shape index (κ1) is 23.3. The molecule has 1 fully saturated rings. The summed E-state index contributed by atoms with van der Waals surface area (Å²) in [7, 11) is -5.10. The zero-order chi connectivity index (χ0) is 23.1. The largest absolute Gasteiger partial charge is 0.455 e. The number of fused-ring (bicyclic) bond motifs is 1. The van der Waals surface area contributed by atoms with E-state index in [9.17, 15) is 13.2 Å². The summed E-state index contributed by atoms with van der Waals surface area (Å²) in [6.45, 7) is 8.14. The van der Waals surface area contributed by atoms with Gasteiger partial charge in [-0.2, -0.15) is 0 Å². The molecule has 0 aliphatic carbocycles. The van der Waals surface area contributed by atoms with Crippen molar-refractivity contribution in [3.05, 3.63) is 47.3 Å². The van der Waals surface area contributed by atoms with Gasteiger partial charge in [0.1, 0.15) is 11.3 Å². The Morgan fingerprint density at radius 2 is 1.97 bits per heavy atom. The number of furan rings is 1. The van der Waals surface area contributed by atoms with E-state index in [-0.39, 0.29) is 11.7 Å². The van der Waals surface area contributed by atoms with Crippen molar-refractivity contribution in [2.45, 2.75) is 56.8 Å². The molecule has 0 amide bonds. The molecule has 4 rings (SSSR count). The Balaban J connectivity index is 1.81. The molecule has 0 saturated carbocycles. The molecule has 2 aromatic heterocycles. The number of hydrogen-bond donors (Lipinski definition) is 0. The van der Waals surface area contributed by atoms with Crippen LogP contribution in [0.25, 0.3) is 21.6 Å². The third-order valence-corrected chi connectivity index (χ3v) is 11.6. The summed E-state index contributed by atoms with van der Waals surface area (Å²) in [5.41, 5.74) is 0.783. The van der Waals surface area contributed by atoms with Crippen LogP contribution in [0.3, 0.4) is 0 Å². The van der Waals surface area contributed by atoms with Crippen LogP contribution in [0.4, 0.5) is 0 Å². The van der Waals surface area contributed by atoms with E-state index in [2.05, 4.69) is 19.6 Å². The highest BCUT2D eigenvalue weighted by molar-refractivity contribution is 7.92. The lowest BCUT2D eigenvalue weighted by molar-refractivity contribution is -0.154. The van der Waals surface area contributed by atoms with E-state index in [1.54, 1.807) is 6.07 Å². The molecule has 3 aromatic rings. The van der Waals surface area contributed by atoms with Gasteiger partial charge in [0, 0.05) is 26.3 Å². The smallest absolute Gasteiger partial charge is 0.304 e. The van der Waals surface area contributed by atoms with Crippen LogP contribution in [0.15, 0.2) is 46.9 Å². The number of ether oxygens (including phenoxy) is 1. The molecule has 32 heavy (non-hydrogen) atoms. The lowest BCUT2D eigenvalue weighted by atomic mass is 9.91. The summed E-state index contributed by atoms with van der Waals surface area (Å²) in [5.74, 6) is -0.0970. The Bertz CT molecular complexity index is 1200. The van der Waals surface area contributed by atoms with Crippen LogP contribution in [0, 0.1) is 5.92 Å². The topological polar surface area (TPSA) is 73.6 Å². The van der Waals surface area contributed by atoms with E-state index in [0.717, 1.165) is 34.7 Å². The Labute approximate surface area is 194 Å². The number of carbonyl (C=O) groups is 1. The lowest BCUT2D eigenvalue weighted by Crippen LogP contribution is -2.50. The summed E-state index contributed by atoms with van der Waals surface area (Å²) in [5, 5.41) is 0.991. The van der Waals surface area contributed by atoms with Crippen molar-refractivity contribution in [2.24, 2.45) is 5.92 Å². The van der Waals surface area contributed by atoms with Crippen molar-refractivity contribution in [1.29, 1.82) is 0 Å². The maximum absolute atomic E-state index is 13.6. The van der Waals surface area contributed by atoms with Gasteiger partial charge in [0.25, 0.3) is 0 Å². The first-order valence-corrected chi connectivity index (χ1v) is 17.2.